The quantitative estimate of drug-likeness (QED) is 0.368. The largest absolute Gasteiger partial charge is 0.484 e. The number of pyridine rings is 1. The van der Waals surface area contributed by atoms with Crippen molar-refractivity contribution in [3.63, 3.8) is 0 Å². The second-order valence-electron chi connectivity index (χ2n) is 8.86. The van der Waals surface area contributed by atoms with Gasteiger partial charge in [-0.2, -0.15) is 0 Å². The number of aliphatic hydroxyl groups excluding tert-OH is 1. The first-order valence-electron chi connectivity index (χ1n) is 11.6. The van der Waals surface area contributed by atoms with Crippen molar-refractivity contribution in [3.8, 4) is 16.3 Å². The number of likely N-dealkylation sites (tertiary alicyclic amines) is 1. The van der Waals surface area contributed by atoms with E-state index in [0.29, 0.717) is 15.6 Å². The first-order valence-corrected chi connectivity index (χ1v) is 12.8. The number of nitrogens with zero attached hydrogens (tertiary/aromatic N) is 3. The van der Waals surface area contributed by atoms with Gasteiger partial charge in [-0.15, -0.1) is 11.3 Å². The van der Waals surface area contributed by atoms with Crippen LogP contribution in [0.2, 0.25) is 5.02 Å². The van der Waals surface area contributed by atoms with E-state index in [-0.39, 0.29) is 12.2 Å². The van der Waals surface area contributed by atoms with Gasteiger partial charge >= 0.3 is 0 Å². The van der Waals surface area contributed by atoms with Gasteiger partial charge in [0.15, 0.2) is 0 Å². The summed E-state index contributed by atoms with van der Waals surface area (Å²) in [4.78, 5) is 20.1. The van der Waals surface area contributed by atoms with Crippen molar-refractivity contribution in [2.45, 2.75) is 38.5 Å². The maximum Gasteiger partial charge on any atom is 0.262 e. The minimum atomic E-state index is -0.537. The van der Waals surface area contributed by atoms with E-state index in [2.05, 4.69) is 16.0 Å². The van der Waals surface area contributed by atoms with E-state index in [1.807, 2.05) is 53.9 Å². The number of hydrogen-bond donors (Lipinski definition) is 2. The Labute approximate surface area is 212 Å². The zero-order valence-electron chi connectivity index (χ0n) is 19.4. The summed E-state index contributed by atoms with van der Waals surface area (Å²) in [6.45, 7) is 4.45. The molecule has 0 radical (unpaired) electrons. The van der Waals surface area contributed by atoms with Gasteiger partial charge in [0, 0.05) is 42.5 Å². The molecule has 3 aromatic heterocycles. The number of fused-ring (bicyclic) bond motifs is 1. The van der Waals surface area contributed by atoms with E-state index in [0.717, 1.165) is 59.8 Å². The lowest BCUT2D eigenvalue weighted by Crippen LogP contribution is -2.35. The van der Waals surface area contributed by atoms with Crippen molar-refractivity contribution < 1.29 is 14.6 Å². The lowest BCUT2D eigenvalue weighted by molar-refractivity contribution is 0.0792. The molecule has 1 amide bonds. The fourth-order valence-corrected chi connectivity index (χ4v) is 5.77. The fourth-order valence-electron chi connectivity index (χ4n) is 4.46. The number of aliphatic hydroxyl groups is 1. The summed E-state index contributed by atoms with van der Waals surface area (Å²) in [7, 11) is 0. The first kappa shape index (κ1) is 23.8. The number of carbonyl (C=O) groups is 1. The molecule has 1 unspecified atom stereocenters. The van der Waals surface area contributed by atoms with Crippen LogP contribution in [0.5, 0.6) is 5.75 Å². The van der Waals surface area contributed by atoms with Crippen LogP contribution < -0.4 is 10.5 Å². The van der Waals surface area contributed by atoms with E-state index >= 15 is 0 Å². The summed E-state index contributed by atoms with van der Waals surface area (Å²) in [5, 5.41) is 10.3. The van der Waals surface area contributed by atoms with Crippen LogP contribution >= 0.6 is 22.9 Å². The summed E-state index contributed by atoms with van der Waals surface area (Å²) in [5.74, 6) is -0.103. The number of amides is 1. The van der Waals surface area contributed by atoms with Crippen LogP contribution in [0.25, 0.3) is 16.2 Å². The van der Waals surface area contributed by atoms with Gasteiger partial charge in [-0.25, -0.2) is 4.98 Å². The van der Waals surface area contributed by atoms with Crippen LogP contribution in [0, 0.1) is 0 Å². The van der Waals surface area contributed by atoms with E-state index in [1.165, 1.54) is 11.3 Å². The highest BCUT2D eigenvalue weighted by atomic mass is 35.5. The number of halogens is 1. The molecule has 1 aromatic carbocycles. The number of piperidine rings is 1. The molecule has 1 aliphatic heterocycles. The molecule has 9 heteroatoms. The second kappa shape index (κ2) is 9.99. The van der Waals surface area contributed by atoms with Gasteiger partial charge in [-0.05, 0) is 43.5 Å². The number of thiophene rings is 1. The molecule has 1 saturated heterocycles. The third kappa shape index (κ3) is 5.06. The average molecular weight is 511 g/mol. The number of benzene rings is 1. The zero-order valence-corrected chi connectivity index (χ0v) is 20.9. The zero-order chi connectivity index (χ0) is 24.5. The molecule has 35 heavy (non-hydrogen) atoms. The lowest BCUT2D eigenvalue weighted by Gasteiger charge is -2.29. The number of rotatable bonds is 7. The maximum atomic E-state index is 12.2. The topological polar surface area (TPSA) is 93.1 Å². The Morgan fingerprint density at radius 1 is 1.29 bits per heavy atom. The predicted octanol–water partition coefficient (Wildman–Crippen LogP) is 4.91. The predicted molar refractivity (Wildman–Crippen MR) is 138 cm³/mol. The van der Waals surface area contributed by atoms with Gasteiger partial charge in [0.2, 0.25) is 0 Å². The summed E-state index contributed by atoms with van der Waals surface area (Å²) < 4.78 is 8.18. The summed E-state index contributed by atoms with van der Waals surface area (Å²) in [5.41, 5.74) is 9.31. The highest BCUT2D eigenvalue weighted by Gasteiger charge is 2.22. The van der Waals surface area contributed by atoms with Crippen LogP contribution in [-0.2, 0) is 6.54 Å². The summed E-state index contributed by atoms with van der Waals surface area (Å²) >= 11 is 7.93. The Hall–Kier alpha value is -2.91. The normalized spacial score (nSPS) is 16.0. The van der Waals surface area contributed by atoms with Gasteiger partial charge < -0.3 is 15.6 Å². The average Bonchev–Trinajstić information content (AvgIpc) is 3.45. The highest BCUT2D eigenvalue weighted by Crippen LogP contribution is 2.39. The molecular formula is C26H27ClN4O3S. The fraction of sp³-hybridized carbons (Fsp3) is 0.308. The number of aromatic nitrogens is 2. The standard InChI is InChI=1S/C26H27ClN4O3S/c1-16(19-6-5-17(12-20(19)27)15-30-10-7-18(32)8-11-30)34-22-13-23(35-25(22)26(28)33)21-14-29-24-4-2-3-9-31(21)24/h2-6,9,12-14,16,18,32H,7-8,10-11,15H2,1H3,(H2,28,33). The molecule has 7 nitrogen and oxygen atoms in total. The van der Waals surface area contributed by atoms with Crippen LogP contribution in [0.15, 0.2) is 54.9 Å². The van der Waals surface area contributed by atoms with Gasteiger partial charge in [-0.3, -0.25) is 14.1 Å². The Kier molecular flexibility index (Phi) is 6.80. The number of nitrogens with two attached hydrogens (primary N) is 1. The van der Waals surface area contributed by atoms with Crippen molar-refractivity contribution in [1.82, 2.24) is 14.3 Å². The van der Waals surface area contributed by atoms with Gasteiger partial charge in [0.05, 0.1) is 22.9 Å². The molecule has 0 saturated carbocycles. The molecule has 0 bridgehead atoms. The molecule has 5 rings (SSSR count). The molecule has 4 aromatic rings. The first-order chi connectivity index (χ1) is 16.9. The minimum Gasteiger partial charge on any atom is -0.484 e. The van der Waals surface area contributed by atoms with Crippen molar-refractivity contribution >= 4 is 34.5 Å². The Bertz CT molecular complexity index is 1360. The number of ether oxygens (including phenoxy) is 1. The van der Waals surface area contributed by atoms with Crippen LogP contribution in [-0.4, -0.2) is 44.5 Å². The molecule has 1 atom stereocenters. The monoisotopic (exact) mass is 510 g/mol. The molecule has 1 fully saturated rings. The molecule has 1 aliphatic rings. The molecular weight excluding hydrogens is 484 g/mol. The third-order valence-electron chi connectivity index (χ3n) is 6.36. The number of imidazole rings is 1. The van der Waals surface area contributed by atoms with E-state index in [1.54, 1.807) is 6.20 Å². The Morgan fingerprint density at radius 2 is 2.09 bits per heavy atom. The lowest BCUT2D eigenvalue weighted by atomic mass is 10.0. The van der Waals surface area contributed by atoms with Crippen LogP contribution in [0.3, 0.4) is 0 Å². The van der Waals surface area contributed by atoms with Gasteiger partial charge in [0.25, 0.3) is 5.91 Å². The van der Waals surface area contributed by atoms with E-state index in [4.69, 9.17) is 22.1 Å². The van der Waals surface area contributed by atoms with E-state index in [9.17, 15) is 9.90 Å². The second-order valence-corrected chi connectivity index (χ2v) is 10.3. The van der Waals surface area contributed by atoms with Crippen LogP contribution in [0.4, 0.5) is 0 Å². The SMILES string of the molecule is CC(Oc1cc(-c2cnc3ccccn23)sc1C(N)=O)c1ccc(CN2CCC(O)CC2)cc1Cl. The van der Waals surface area contributed by atoms with E-state index < -0.39 is 5.91 Å². The molecule has 0 aliphatic carbocycles. The maximum absolute atomic E-state index is 12.2. The molecule has 4 heterocycles. The Morgan fingerprint density at radius 3 is 2.83 bits per heavy atom. The van der Waals surface area contributed by atoms with Crippen LogP contribution in [0.1, 0.15) is 46.7 Å². The minimum absolute atomic E-state index is 0.189. The highest BCUT2D eigenvalue weighted by molar-refractivity contribution is 7.17. The van der Waals surface area contributed by atoms with Crippen molar-refractivity contribution in [1.29, 1.82) is 0 Å². The molecule has 0 spiro atoms. The number of hydrogen-bond acceptors (Lipinski definition) is 6. The van der Waals surface area contributed by atoms with Gasteiger partial charge in [-0.1, -0.05) is 29.8 Å². The molecule has 3 N–H and O–H groups in total. The Balaban J connectivity index is 1.35. The number of carbonyl (C=O) groups excluding carboxylic acids is 1. The summed E-state index contributed by atoms with van der Waals surface area (Å²) in [6.07, 6.45) is 4.73. The van der Waals surface area contributed by atoms with Crippen molar-refractivity contribution in [2.24, 2.45) is 5.73 Å². The smallest absolute Gasteiger partial charge is 0.262 e. The third-order valence-corrected chi connectivity index (χ3v) is 7.84. The molecule has 182 valence electrons. The van der Waals surface area contributed by atoms with Crippen molar-refractivity contribution in [2.75, 3.05) is 13.1 Å². The summed E-state index contributed by atoms with van der Waals surface area (Å²) in [6, 6.07) is 13.6. The van der Waals surface area contributed by atoms with Gasteiger partial charge in [0.1, 0.15) is 22.4 Å². The van der Waals surface area contributed by atoms with Crippen molar-refractivity contribution in [3.05, 3.63) is 75.9 Å². The number of primary amides is 1.